The van der Waals surface area contributed by atoms with Crippen molar-refractivity contribution in [3.8, 4) is 11.1 Å². The van der Waals surface area contributed by atoms with Gasteiger partial charge in [0.05, 0.1) is 36.2 Å². The number of hydrogen-bond acceptors (Lipinski definition) is 6. The van der Waals surface area contributed by atoms with E-state index < -0.39 is 23.4 Å². The van der Waals surface area contributed by atoms with E-state index in [2.05, 4.69) is 21.3 Å². The van der Waals surface area contributed by atoms with Gasteiger partial charge in [0.1, 0.15) is 5.69 Å². The second kappa shape index (κ2) is 9.67. The van der Waals surface area contributed by atoms with E-state index in [9.17, 15) is 23.1 Å². The number of pyridine rings is 2. The second-order valence-corrected chi connectivity index (χ2v) is 10.4. The number of aryl methyl sites for hydroxylation is 1. The van der Waals surface area contributed by atoms with E-state index in [1.54, 1.807) is 18.3 Å². The molecule has 2 aliphatic rings. The Hall–Kier alpha value is -3.50. The van der Waals surface area contributed by atoms with E-state index in [1.165, 1.54) is 6.07 Å². The van der Waals surface area contributed by atoms with E-state index in [0.29, 0.717) is 31.9 Å². The van der Waals surface area contributed by atoms with Crippen molar-refractivity contribution < 1.29 is 27.8 Å². The number of alkyl halides is 3. The molecule has 10 heteroatoms. The van der Waals surface area contributed by atoms with Gasteiger partial charge >= 0.3 is 6.18 Å². The number of rotatable bonds is 4. The highest BCUT2D eigenvalue weighted by Gasteiger charge is 2.43. The molecular weight excluding hydrogens is 497 g/mol. The number of benzene rings is 1. The van der Waals surface area contributed by atoms with Crippen LogP contribution in [-0.2, 0) is 17.3 Å². The molecule has 2 N–H and O–H groups in total. The zero-order chi connectivity index (χ0) is 27.2. The number of amides is 1. The summed E-state index contributed by atoms with van der Waals surface area (Å²) in [4.78, 5) is 23.1. The van der Waals surface area contributed by atoms with Crippen LogP contribution in [0.15, 0.2) is 48.8 Å². The summed E-state index contributed by atoms with van der Waals surface area (Å²) in [6.07, 6.45) is -1.25. The molecule has 0 aliphatic carbocycles. The lowest BCUT2D eigenvalue weighted by atomic mass is 9.77. The molecule has 4 heterocycles. The molecule has 1 aromatic carbocycles. The molecule has 2 atom stereocenters. The average molecular weight is 527 g/mol. The first-order valence-electron chi connectivity index (χ1n) is 12.4. The van der Waals surface area contributed by atoms with Crippen LogP contribution in [0.2, 0.25) is 0 Å². The third-order valence-electron chi connectivity index (χ3n) is 7.33. The van der Waals surface area contributed by atoms with Gasteiger partial charge in [-0.25, -0.2) is 0 Å². The maximum atomic E-state index is 13.0. The predicted molar refractivity (Wildman–Crippen MR) is 137 cm³/mol. The number of anilines is 2. The molecule has 1 saturated heterocycles. The Morgan fingerprint density at radius 2 is 1.95 bits per heavy atom. The predicted octanol–water partition coefficient (Wildman–Crippen LogP) is 4.87. The van der Waals surface area contributed by atoms with Gasteiger partial charge in [0, 0.05) is 41.7 Å². The molecule has 2 aliphatic heterocycles. The summed E-state index contributed by atoms with van der Waals surface area (Å²) in [5.41, 5.74) is 2.88. The summed E-state index contributed by atoms with van der Waals surface area (Å²) in [6, 6.07) is 9.43. The number of aromatic nitrogens is 2. The molecule has 5 rings (SSSR count). The topological polar surface area (TPSA) is 87.6 Å². The molecule has 0 unspecified atom stereocenters. The van der Waals surface area contributed by atoms with Crippen molar-refractivity contribution in [3.63, 3.8) is 0 Å². The van der Waals surface area contributed by atoms with Gasteiger partial charge in [-0.3, -0.25) is 14.8 Å². The molecular formula is C28H29F3N4O3. The molecule has 38 heavy (non-hydrogen) atoms. The first-order chi connectivity index (χ1) is 17.9. The average Bonchev–Trinajstić information content (AvgIpc) is 2.88. The Morgan fingerprint density at radius 3 is 2.68 bits per heavy atom. The van der Waals surface area contributed by atoms with Crippen molar-refractivity contribution in [2.24, 2.45) is 5.92 Å². The van der Waals surface area contributed by atoms with Crippen LogP contribution in [-0.4, -0.2) is 52.4 Å². The van der Waals surface area contributed by atoms with Crippen molar-refractivity contribution in [2.75, 3.05) is 30.0 Å². The van der Waals surface area contributed by atoms with Gasteiger partial charge in [0.15, 0.2) is 0 Å². The largest absolute Gasteiger partial charge is 0.433 e. The molecule has 0 spiro atoms. The molecule has 3 aromatic rings. The summed E-state index contributed by atoms with van der Waals surface area (Å²) in [6.45, 7) is 7.40. The van der Waals surface area contributed by atoms with Crippen LogP contribution in [0, 0.1) is 12.8 Å². The number of ether oxygens (including phenoxy) is 1. The van der Waals surface area contributed by atoms with Crippen LogP contribution in [0.5, 0.6) is 0 Å². The van der Waals surface area contributed by atoms with Crippen molar-refractivity contribution in [3.05, 3.63) is 71.3 Å². The highest BCUT2D eigenvalue weighted by atomic mass is 19.4. The Kier molecular flexibility index (Phi) is 6.65. The fourth-order valence-electron chi connectivity index (χ4n) is 5.30. The maximum Gasteiger partial charge on any atom is 0.433 e. The van der Waals surface area contributed by atoms with Gasteiger partial charge in [0.25, 0.3) is 5.91 Å². The van der Waals surface area contributed by atoms with Crippen molar-refractivity contribution >= 4 is 17.3 Å². The quantitative estimate of drug-likeness (QED) is 0.505. The highest BCUT2D eigenvalue weighted by Crippen LogP contribution is 2.41. The smallest absolute Gasteiger partial charge is 0.390 e. The number of hydrogen-bond donors (Lipinski definition) is 2. The lowest BCUT2D eigenvalue weighted by molar-refractivity contribution is -0.141. The standard InChI is InChI=1S/C28H29F3N4O3/c1-16-4-5-19(34-26(36)17-6-7-32-25(11-17)28(29,30)31)12-20(16)18-10-23-22(33-14-18)13-21(27(2,3)37)24-15-38-9-8-35(23)24/h4-7,10-12,14,21,24,37H,8-9,13,15H2,1-3H3,(H,34,36)/t21-,24-/m0/s1. The van der Waals surface area contributed by atoms with Crippen LogP contribution in [0.4, 0.5) is 24.5 Å². The summed E-state index contributed by atoms with van der Waals surface area (Å²) >= 11 is 0. The zero-order valence-electron chi connectivity index (χ0n) is 21.3. The minimum atomic E-state index is -4.64. The summed E-state index contributed by atoms with van der Waals surface area (Å²) in [7, 11) is 0. The summed E-state index contributed by atoms with van der Waals surface area (Å²) in [5.74, 6) is -0.690. The molecule has 200 valence electrons. The number of carbonyl (C=O) groups is 1. The van der Waals surface area contributed by atoms with Gasteiger partial charge in [-0.1, -0.05) is 6.07 Å². The van der Waals surface area contributed by atoms with Crippen LogP contribution in [0.25, 0.3) is 11.1 Å². The maximum absolute atomic E-state index is 13.0. The third-order valence-corrected chi connectivity index (χ3v) is 7.33. The summed E-state index contributed by atoms with van der Waals surface area (Å²) < 4.78 is 44.8. The number of aliphatic hydroxyl groups is 1. The van der Waals surface area contributed by atoms with Gasteiger partial charge < -0.3 is 20.1 Å². The lowest BCUT2D eigenvalue weighted by Crippen LogP contribution is -2.58. The Morgan fingerprint density at radius 1 is 1.16 bits per heavy atom. The number of morpholine rings is 1. The number of nitrogens with zero attached hydrogens (tertiary/aromatic N) is 3. The zero-order valence-corrected chi connectivity index (χ0v) is 21.3. The van der Waals surface area contributed by atoms with Gasteiger partial charge in [-0.15, -0.1) is 0 Å². The molecule has 1 amide bonds. The first kappa shape index (κ1) is 26.1. The second-order valence-electron chi connectivity index (χ2n) is 10.4. The molecule has 0 bridgehead atoms. The third kappa shape index (κ3) is 5.10. The molecule has 0 radical (unpaired) electrons. The lowest BCUT2D eigenvalue weighted by Gasteiger charge is -2.49. The van der Waals surface area contributed by atoms with E-state index in [-0.39, 0.29) is 17.5 Å². The first-order valence-corrected chi connectivity index (χ1v) is 12.4. The Bertz CT molecular complexity index is 1370. The molecule has 2 aromatic heterocycles. The van der Waals surface area contributed by atoms with E-state index >= 15 is 0 Å². The van der Waals surface area contributed by atoms with Crippen LogP contribution in [0.1, 0.15) is 41.2 Å². The molecule has 7 nitrogen and oxygen atoms in total. The van der Waals surface area contributed by atoms with Crippen molar-refractivity contribution in [2.45, 2.75) is 45.0 Å². The Labute approximate surface area is 218 Å². The molecule has 0 saturated carbocycles. The van der Waals surface area contributed by atoms with Crippen LogP contribution < -0.4 is 10.2 Å². The Balaban J connectivity index is 1.44. The van der Waals surface area contributed by atoms with Crippen LogP contribution >= 0.6 is 0 Å². The van der Waals surface area contributed by atoms with E-state index in [4.69, 9.17) is 9.72 Å². The summed E-state index contributed by atoms with van der Waals surface area (Å²) in [5, 5.41) is 13.5. The van der Waals surface area contributed by atoms with Crippen LogP contribution in [0.3, 0.4) is 0 Å². The van der Waals surface area contributed by atoms with Crippen molar-refractivity contribution in [1.82, 2.24) is 9.97 Å². The number of nitrogens with one attached hydrogen (secondary N) is 1. The minimum Gasteiger partial charge on any atom is -0.390 e. The van der Waals surface area contributed by atoms with E-state index in [0.717, 1.165) is 40.3 Å². The van der Waals surface area contributed by atoms with Gasteiger partial charge in [-0.05, 0) is 68.7 Å². The van der Waals surface area contributed by atoms with Gasteiger partial charge in [0.2, 0.25) is 0 Å². The fraction of sp³-hybridized carbons (Fsp3) is 0.393. The number of halogens is 3. The molecule has 1 fully saturated rings. The minimum absolute atomic E-state index is 0.0278. The normalized spacial score (nSPS) is 19.5. The van der Waals surface area contributed by atoms with Crippen molar-refractivity contribution in [1.29, 1.82) is 0 Å². The van der Waals surface area contributed by atoms with Gasteiger partial charge in [-0.2, -0.15) is 13.2 Å². The number of fused-ring (bicyclic) bond motifs is 3. The SMILES string of the molecule is Cc1ccc(NC(=O)c2ccnc(C(F)(F)F)c2)cc1-c1cnc2c(c1)N1CCOC[C@H]1[C@@H](C(C)(C)O)C2. The highest BCUT2D eigenvalue weighted by molar-refractivity contribution is 6.04. The number of carbonyl (C=O) groups excluding carboxylic acids is 1. The van der Waals surface area contributed by atoms with E-state index in [1.807, 2.05) is 26.8 Å². The monoisotopic (exact) mass is 526 g/mol. The fourth-order valence-corrected chi connectivity index (χ4v) is 5.30.